The maximum atomic E-state index is 10.9. The molecule has 0 aliphatic heterocycles. The molecule has 1 aliphatic rings. The zero-order chi connectivity index (χ0) is 11.4. The van der Waals surface area contributed by atoms with E-state index in [-0.39, 0.29) is 5.76 Å². The molecule has 0 heterocycles. The van der Waals surface area contributed by atoms with E-state index < -0.39 is 24.5 Å². The average Bonchev–Trinajstić information content (AvgIpc) is 2.15. The van der Waals surface area contributed by atoms with Gasteiger partial charge in [0.2, 0.25) is 0 Å². The van der Waals surface area contributed by atoms with E-state index in [2.05, 4.69) is 0 Å². The molecule has 0 aromatic heterocycles. The Kier molecular flexibility index (Phi) is 4.13. The van der Waals surface area contributed by atoms with Gasteiger partial charge in [-0.15, -0.1) is 0 Å². The van der Waals surface area contributed by atoms with Gasteiger partial charge >= 0.3 is 11.9 Å². The van der Waals surface area contributed by atoms with Gasteiger partial charge in [-0.05, 0) is 44.7 Å². The maximum Gasteiger partial charge on any atom is 0.341 e. The summed E-state index contributed by atoms with van der Waals surface area (Å²) in [5, 5.41) is 17.3. The van der Waals surface area contributed by atoms with E-state index in [9.17, 15) is 9.59 Å². The molecule has 0 saturated carbocycles. The second kappa shape index (κ2) is 5.15. The smallest absolute Gasteiger partial charge is 0.341 e. The van der Waals surface area contributed by atoms with Crippen LogP contribution in [0.25, 0.3) is 0 Å². The molecule has 0 aromatic rings. The zero-order valence-corrected chi connectivity index (χ0v) is 9.80. The third-order valence-corrected chi connectivity index (χ3v) is 2.63. The van der Waals surface area contributed by atoms with E-state index >= 15 is 0 Å². The first-order chi connectivity index (χ1) is 7.00. The Bertz CT molecular complexity index is 344. The third kappa shape index (κ3) is 3.54. The van der Waals surface area contributed by atoms with Gasteiger partial charge in [-0.25, -0.2) is 4.79 Å². The molecule has 0 bridgehead atoms. The van der Waals surface area contributed by atoms with Crippen molar-refractivity contribution >= 4 is 34.5 Å². The Morgan fingerprint density at radius 3 is 2.67 bits per heavy atom. The summed E-state index contributed by atoms with van der Waals surface area (Å²) in [6.07, 6.45) is 3.57. The van der Waals surface area contributed by atoms with Gasteiger partial charge in [-0.1, -0.05) is 0 Å². The number of carboxylic acids is 2. The van der Waals surface area contributed by atoms with E-state index in [1.807, 2.05) is 22.6 Å². The summed E-state index contributed by atoms with van der Waals surface area (Å²) < 4.78 is 5.80. The summed E-state index contributed by atoms with van der Waals surface area (Å²) in [5.41, 5.74) is 0. The highest BCUT2D eigenvalue weighted by atomic mass is 127. The Labute approximate surface area is 99.6 Å². The topological polar surface area (TPSA) is 83.8 Å². The number of carboxylic acid groups (broad SMARTS) is 2. The first-order valence-corrected chi connectivity index (χ1v) is 5.22. The quantitative estimate of drug-likeness (QED) is 0.764. The van der Waals surface area contributed by atoms with Crippen molar-refractivity contribution < 1.29 is 24.5 Å². The van der Waals surface area contributed by atoms with E-state index in [0.717, 1.165) is 3.58 Å². The number of rotatable bonds is 4. The van der Waals surface area contributed by atoms with Gasteiger partial charge in [-0.2, -0.15) is 0 Å². The highest BCUT2D eigenvalue weighted by Crippen LogP contribution is 2.29. The summed E-state index contributed by atoms with van der Waals surface area (Å²) in [7, 11) is 0. The van der Waals surface area contributed by atoms with E-state index in [1.54, 1.807) is 6.08 Å². The van der Waals surface area contributed by atoms with Gasteiger partial charge < -0.3 is 14.9 Å². The van der Waals surface area contributed by atoms with Gasteiger partial charge in [0.25, 0.3) is 0 Å². The van der Waals surface area contributed by atoms with Crippen molar-refractivity contribution in [1.82, 2.24) is 0 Å². The fourth-order valence-electron chi connectivity index (χ4n) is 1.16. The van der Waals surface area contributed by atoms with Crippen LogP contribution in [0.5, 0.6) is 0 Å². The molecule has 2 N–H and O–H groups in total. The van der Waals surface area contributed by atoms with Crippen LogP contribution in [0.15, 0.2) is 21.5 Å². The molecule has 82 valence electrons. The lowest BCUT2D eigenvalue weighted by molar-refractivity contribution is -0.145. The number of hydrogen-bond donors (Lipinski definition) is 2. The van der Waals surface area contributed by atoms with Crippen LogP contribution in [0, 0.1) is 5.92 Å². The number of allylic oxidation sites excluding steroid dienone is 3. The normalized spacial score (nSPS) is 20.2. The van der Waals surface area contributed by atoms with E-state index in [0.29, 0.717) is 6.42 Å². The van der Waals surface area contributed by atoms with Crippen LogP contribution in [-0.4, -0.2) is 28.8 Å². The molecule has 1 rings (SSSR count). The number of ether oxygens (including phenoxy) is 1. The lowest BCUT2D eigenvalue weighted by Crippen LogP contribution is -2.21. The van der Waals surface area contributed by atoms with Gasteiger partial charge in [0.15, 0.2) is 6.61 Å². The van der Waals surface area contributed by atoms with Crippen molar-refractivity contribution in [3.8, 4) is 0 Å². The van der Waals surface area contributed by atoms with Crippen LogP contribution in [0.2, 0.25) is 0 Å². The van der Waals surface area contributed by atoms with Crippen molar-refractivity contribution in [3.63, 3.8) is 0 Å². The SMILES string of the molecule is O=C(O)COC1=CC=C(I)CC1C(=O)O. The second-order valence-electron chi connectivity index (χ2n) is 2.96. The molecular weight excluding hydrogens is 315 g/mol. The monoisotopic (exact) mass is 324 g/mol. The predicted molar refractivity (Wildman–Crippen MR) is 59.5 cm³/mol. The van der Waals surface area contributed by atoms with E-state index in [4.69, 9.17) is 14.9 Å². The summed E-state index contributed by atoms with van der Waals surface area (Å²) in [5.74, 6) is -2.70. The number of aliphatic carboxylic acids is 2. The number of carbonyl (C=O) groups is 2. The zero-order valence-electron chi connectivity index (χ0n) is 7.64. The van der Waals surface area contributed by atoms with Crippen LogP contribution in [0.3, 0.4) is 0 Å². The van der Waals surface area contributed by atoms with E-state index in [1.165, 1.54) is 6.08 Å². The number of halogens is 1. The lowest BCUT2D eigenvalue weighted by Gasteiger charge is -2.19. The van der Waals surface area contributed by atoms with Gasteiger partial charge in [0.05, 0.1) is 0 Å². The minimum atomic E-state index is -1.12. The summed E-state index contributed by atoms with van der Waals surface area (Å²) in [6.45, 7) is -0.514. The largest absolute Gasteiger partial charge is 0.485 e. The van der Waals surface area contributed by atoms with Gasteiger partial charge in [0, 0.05) is 0 Å². The molecule has 1 unspecified atom stereocenters. The van der Waals surface area contributed by atoms with Crippen LogP contribution >= 0.6 is 22.6 Å². The molecule has 0 radical (unpaired) electrons. The second-order valence-corrected chi connectivity index (χ2v) is 4.35. The Morgan fingerprint density at radius 1 is 1.47 bits per heavy atom. The fourth-order valence-corrected chi connectivity index (χ4v) is 1.78. The van der Waals surface area contributed by atoms with Crippen LogP contribution in [-0.2, 0) is 14.3 Å². The molecule has 1 atom stereocenters. The highest BCUT2D eigenvalue weighted by Gasteiger charge is 2.27. The predicted octanol–water partition coefficient (Wildman–Crippen LogP) is 1.39. The molecule has 0 fully saturated rings. The van der Waals surface area contributed by atoms with Crippen molar-refractivity contribution in [2.75, 3.05) is 6.61 Å². The molecule has 15 heavy (non-hydrogen) atoms. The minimum Gasteiger partial charge on any atom is -0.485 e. The Balaban J connectivity index is 2.73. The summed E-state index contributed by atoms with van der Waals surface area (Å²) >= 11 is 2.04. The van der Waals surface area contributed by atoms with Gasteiger partial charge in [-0.3, -0.25) is 4.79 Å². The van der Waals surface area contributed by atoms with Crippen molar-refractivity contribution in [1.29, 1.82) is 0 Å². The van der Waals surface area contributed by atoms with Crippen LogP contribution < -0.4 is 0 Å². The number of hydrogen-bond acceptors (Lipinski definition) is 3. The average molecular weight is 324 g/mol. The van der Waals surface area contributed by atoms with Crippen molar-refractivity contribution in [2.45, 2.75) is 6.42 Å². The van der Waals surface area contributed by atoms with Crippen molar-refractivity contribution in [2.24, 2.45) is 5.92 Å². The first-order valence-electron chi connectivity index (χ1n) is 4.14. The molecule has 0 saturated heterocycles. The third-order valence-electron chi connectivity index (χ3n) is 1.83. The van der Waals surface area contributed by atoms with Gasteiger partial charge in [0.1, 0.15) is 11.7 Å². The summed E-state index contributed by atoms with van der Waals surface area (Å²) in [4.78, 5) is 21.1. The first kappa shape index (κ1) is 12.0. The van der Waals surface area contributed by atoms with Crippen LogP contribution in [0.1, 0.15) is 6.42 Å². The molecule has 0 aromatic carbocycles. The minimum absolute atomic E-state index is 0.199. The Morgan fingerprint density at radius 2 is 2.13 bits per heavy atom. The highest BCUT2D eigenvalue weighted by molar-refractivity contribution is 14.1. The Hall–Kier alpha value is -1.05. The lowest BCUT2D eigenvalue weighted by atomic mass is 9.99. The van der Waals surface area contributed by atoms with Crippen LogP contribution in [0.4, 0.5) is 0 Å². The maximum absolute atomic E-state index is 10.9. The summed E-state index contributed by atoms with van der Waals surface area (Å²) in [6, 6.07) is 0. The van der Waals surface area contributed by atoms with Crippen molar-refractivity contribution in [3.05, 3.63) is 21.5 Å². The molecule has 5 nitrogen and oxygen atoms in total. The molecular formula is C9H9IO5. The molecule has 0 amide bonds. The molecule has 6 heteroatoms. The standard InChI is InChI=1S/C9H9IO5/c10-5-1-2-7(15-4-8(11)12)6(3-5)9(13)14/h1-2,6H,3-4H2,(H,11,12)(H,13,14). The fraction of sp³-hybridized carbons (Fsp3) is 0.333. The molecule has 0 spiro atoms. The molecule has 1 aliphatic carbocycles.